The molecule has 0 aromatic heterocycles. The normalized spacial score (nSPS) is 24.6. The van der Waals surface area contributed by atoms with E-state index in [1.807, 2.05) is 0 Å². The van der Waals surface area contributed by atoms with Gasteiger partial charge in [0.25, 0.3) is 0 Å². The second kappa shape index (κ2) is 4.80. The number of sulfonamides is 1. The molecule has 0 bridgehead atoms. The highest BCUT2D eigenvalue weighted by Gasteiger charge is 2.38. The summed E-state index contributed by atoms with van der Waals surface area (Å²) in [5.74, 6) is -0.645. The average Bonchev–Trinajstić information content (AvgIpc) is 2.27. The molecule has 90 valence electrons. The van der Waals surface area contributed by atoms with Gasteiger partial charge in [-0.15, -0.1) is 0 Å². The van der Waals surface area contributed by atoms with Crippen molar-refractivity contribution in [1.82, 2.24) is 4.31 Å². The zero-order valence-electron chi connectivity index (χ0n) is 9.09. The monoisotopic (exact) mass is 245 g/mol. The van der Waals surface area contributed by atoms with Crippen LogP contribution in [0.2, 0.25) is 0 Å². The van der Waals surface area contributed by atoms with Gasteiger partial charge in [-0.05, 0) is 19.8 Å². The fraction of sp³-hybridized carbons (Fsp3) is 0.778. The van der Waals surface area contributed by atoms with Crippen molar-refractivity contribution in [2.75, 3.05) is 6.54 Å². The molecule has 0 radical (unpaired) electrons. The van der Waals surface area contributed by atoms with Crippen molar-refractivity contribution in [3.8, 4) is 6.07 Å². The van der Waals surface area contributed by atoms with Crippen LogP contribution in [-0.2, 0) is 14.8 Å². The predicted octanol–water partition coefficient (Wildman–Crippen LogP) is -0.432. The van der Waals surface area contributed by atoms with E-state index in [-0.39, 0.29) is 6.54 Å². The number of carbonyl (C=O) groups excluding carboxylic acids is 1. The Morgan fingerprint density at radius 2 is 2.19 bits per heavy atom. The zero-order valence-corrected chi connectivity index (χ0v) is 9.90. The molecule has 1 amide bonds. The molecular formula is C9H15N3O3S. The maximum atomic E-state index is 11.9. The highest BCUT2D eigenvalue weighted by molar-refractivity contribution is 7.90. The number of nitriles is 1. The number of hydrogen-bond donors (Lipinski definition) is 1. The standard InChI is InChI=1S/C9H15N3O3S/c1-7(6-10)16(14,15)12-5-3-2-4-8(12)9(11)13/h7-8H,2-5H2,1H3,(H2,11,13). The molecule has 0 saturated carbocycles. The van der Waals surface area contributed by atoms with Crippen LogP contribution in [0.3, 0.4) is 0 Å². The van der Waals surface area contributed by atoms with Gasteiger partial charge < -0.3 is 5.73 Å². The largest absolute Gasteiger partial charge is 0.368 e. The van der Waals surface area contributed by atoms with Gasteiger partial charge in [0.1, 0.15) is 6.04 Å². The predicted molar refractivity (Wildman–Crippen MR) is 57.5 cm³/mol. The van der Waals surface area contributed by atoms with Gasteiger partial charge in [-0.3, -0.25) is 4.79 Å². The second-order valence-corrected chi connectivity index (χ2v) is 6.05. The lowest BCUT2D eigenvalue weighted by molar-refractivity contribution is -0.122. The van der Waals surface area contributed by atoms with Gasteiger partial charge in [0.2, 0.25) is 15.9 Å². The maximum absolute atomic E-state index is 11.9. The van der Waals surface area contributed by atoms with Crippen molar-refractivity contribution in [1.29, 1.82) is 5.26 Å². The molecule has 2 atom stereocenters. The first kappa shape index (κ1) is 12.9. The first-order valence-electron chi connectivity index (χ1n) is 5.11. The lowest BCUT2D eigenvalue weighted by Crippen LogP contribution is -2.52. The van der Waals surface area contributed by atoms with E-state index in [9.17, 15) is 13.2 Å². The number of amides is 1. The Hall–Kier alpha value is -1.13. The van der Waals surface area contributed by atoms with Gasteiger partial charge >= 0.3 is 0 Å². The van der Waals surface area contributed by atoms with Crippen LogP contribution in [0.4, 0.5) is 0 Å². The third kappa shape index (κ3) is 2.33. The fourth-order valence-corrected chi connectivity index (χ4v) is 3.25. The lowest BCUT2D eigenvalue weighted by atomic mass is 10.0. The molecule has 6 nitrogen and oxygen atoms in total. The molecule has 0 aromatic carbocycles. The van der Waals surface area contributed by atoms with Crippen LogP contribution >= 0.6 is 0 Å². The molecule has 1 rings (SSSR count). The molecule has 16 heavy (non-hydrogen) atoms. The Bertz CT molecular complexity index is 412. The summed E-state index contributed by atoms with van der Waals surface area (Å²) in [6.07, 6.45) is 1.91. The number of nitrogens with zero attached hydrogens (tertiary/aromatic N) is 2. The number of primary amides is 1. The molecule has 1 saturated heterocycles. The Morgan fingerprint density at radius 3 is 2.69 bits per heavy atom. The van der Waals surface area contributed by atoms with Crippen molar-refractivity contribution < 1.29 is 13.2 Å². The van der Waals surface area contributed by atoms with Crippen LogP contribution < -0.4 is 5.73 Å². The minimum absolute atomic E-state index is 0.266. The topological polar surface area (TPSA) is 104 Å². The summed E-state index contributed by atoms with van der Waals surface area (Å²) in [6, 6.07) is 0.884. The maximum Gasteiger partial charge on any atom is 0.235 e. The molecule has 7 heteroatoms. The molecule has 1 aliphatic rings. The van der Waals surface area contributed by atoms with Gasteiger partial charge in [-0.1, -0.05) is 6.42 Å². The fourth-order valence-electron chi connectivity index (χ4n) is 1.76. The van der Waals surface area contributed by atoms with Crippen molar-refractivity contribution in [3.63, 3.8) is 0 Å². The second-order valence-electron chi connectivity index (χ2n) is 3.84. The van der Waals surface area contributed by atoms with E-state index in [2.05, 4.69) is 0 Å². The minimum atomic E-state index is -3.73. The van der Waals surface area contributed by atoms with Crippen molar-refractivity contribution in [3.05, 3.63) is 0 Å². The summed E-state index contributed by atoms with van der Waals surface area (Å²) in [6.45, 7) is 1.57. The summed E-state index contributed by atoms with van der Waals surface area (Å²) in [7, 11) is -3.73. The van der Waals surface area contributed by atoms with E-state index in [0.717, 1.165) is 10.7 Å². The van der Waals surface area contributed by atoms with Crippen molar-refractivity contribution in [2.45, 2.75) is 37.5 Å². The molecule has 1 heterocycles. The van der Waals surface area contributed by atoms with Crippen LogP contribution in [-0.4, -0.2) is 36.5 Å². The molecule has 0 aliphatic carbocycles. The first-order valence-corrected chi connectivity index (χ1v) is 6.61. The summed E-state index contributed by atoms with van der Waals surface area (Å²) >= 11 is 0. The first-order chi connectivity index (χ1) is 7.41. The van der Waals surface area contributed by atoms with E-state index in [4.69, 9.17) is 11.0 Å². The van der Waals surface area contributed by atoms with Crippen LogP contribution in [0.15, 0.2) is 0 Å². The molecule has 0 aromatic rings. The lowest BCUT2D eigenvalue weighted by Gasteiger charge is -2.33. The smallest absolute Gasteiger partial charge is 0.235 e. The summed E-state index contributed by atoms with van der Waals surface area (Å²) in [5, 5.41) is 7.51. The molecular weight excluding hydrogens is 230 g/mol. The SMILES string of the molecule is CC(C#N)S(=O)(=O)N1CCCCC1C(N)=O. The molecule has 2 unspecified atom stereocenters. The van der Waals surface area contributed by atoms with E-state index in [1.54, 1.807) is 6.07 Å². The molecule has 2 N–H and O–H groups in total. The zero-order chi connectivity index (χ0) is 12.3. The van der Waals surface area contributed by atoms with Gasteiger partial charge in [0.05, 0.1) is 6.07 Å². The Labute approximate surface area is 95.1 Å². The molecule has 0 spiro atoms. The van der Waals surface area contributed by atoms with Gasteiger partial charge in [0.15, 0.2) is 5.25 Å². The Morgan fingerprint density at radius 1 is 1.56 bits per heavy atom. The van der Waals surface area contributed by atoms with Crippen molar-refractivity contribution >= 4 is 15.9 Å². The van der Waals surface area contributed by atoms with Crippen molar-refractivity contribution in [2.24, 2.45) is 5.73 Å². The number of nitrogens with two attached hydrogens (primary N) is 1. The highest BCUT2D eigenvalue weighted by atomic mass is 32.2. The van der Waals surface area contributed by atoms with Crippen LogP contribution in [0, 0.1) is 11.3 Å². The number of rotatable bonds is 3. The number of piperidine rings is 1. The minimum Gasteiger partial charge on any atom is -0.368 e. The Balaban J connectivity index is 3.01. The van der Waals surface area contributed by atoms with E-state index >= 15 is 0 Å². The third-order valence-electron chi connectivity index (χ3n) is 2.74. The Kier molecular flexibility index (Phi) is 3.88. The summed E-state index contributed by atoms with van der Waals surface area (Å²) < 4.78 is 24.9. The highest BCUT2D eigenvalue weighted by Crippen LogP contribution is 2.22. The summed E-state index contributed by atoms with van der Waals surface area (Å²) in [5.41, 5.74) is 5.17. The van der Waals surface area contributed by atoms with Gasteiger partial charge in [0, 0.05) is 6.54 Å². The summed E-state index contributed by atoms with van der Waals surface area (Å²) in [4.78, 5) is 11.2. The van der Waals surface area contributed by atoms with Crippen LogP contribution in [0.25, 0.3) is 0 Å². The van der Waals surface area contributed by atoms with E-state index in [1.165, 1.54) is 6.92 Å². The van der Waals surface area contributed by atoms with Gasteiger partial charge in [-0.2, -0.15) is 9.57 Å². The van der Waals surface area contributed by atoms with E-state index in [0.29, 0.717) is 12.8 Å². The van der Waals surface area contributed by atoms with Crippen LogP contribution in [0.5, 0.6) is 0 Å². The quantitative estimate of drug-likeness (QED) is 0.728. The third-order valence-corrected chi connectivity index (χ3v) is 4.83. The molecule has 1 aliphatic heterocycles. The number of hydrogen-bond acceptors (Lipinski definition) is 4. The van der Waals surface area contributed by atoms with Crippen LogP contribution in [0.1, 0.15) is 26.2 Å². The molecule has 1 fully saturated rings. The van der Waals surface area contributed by atoms with Gasteiger partial charge in [-0.25, -0.2) is 8.42 Å². The number of carbonyl (C=O) groups is 1. The van der Waals surface area contributed by atoms with E-state index < -0.39 is 27.2 Å². The average molecular weight is 245 g/mol.